The molecule has 5 heterocycles. The first-order valence-electron chi connectivity index (χ1n) is 20.4. The first kappa shape index (κ1) is 39.4. The molecule has 5 aromatic rings. The van der Waals surface area contributed by atoms with Crippen LogP contribution in [0.25, 0.3) is 20.7 Å². The van der Waals surface area contributed by atoms with Crippen molar-refractivity contribution in [2.45, 2.75) is 32.6 Å². The second kappa shape index (κ2) is 14.5. The zero-order valence-corrected chi connectivity index (χ0v) is 35.9. The molecule has 0 radical (unpaired) electrons. The third-order valence-electron chi connectivity index (χ3n) is 13.8. The summed E-state index contributed by atoms with van der Waals surface area (Å²) in [5.74, 6) is -4.72. The Morgan fingerprint density at radius 1 is 0.902 bits per heavy atom. The smallest absolute Gasteiger partial charge is 0.242 e. The molecule has 61 heavy (non-hydrogen) atoms. The summed E-state index contributed by atoms with van der Waals surface area (Å²) in [4.78, 5) is 65.2. The lowest BCUT2D eigenvalue weighted by Crippen LogP contribution is -2.49. The maximum Gasteiger partial charge on any atom is 0.242 e. The van der Waals surface area contributed by atoms with Crippen LogP contribution < -0.4 is 24.2 Å². The molecule has 4 fully saturated rings. The Morgan fingerprint density at radius 3 is 2.36 bits per heavy atom. The van der Waals surface area contributed by atoms with E-state index in [1.165, 1.54) is 30.1 Å². The van der Waals surface area contributed by atoms with Crippen LogP contribution in [0, 0.1) is 36.0 Å². The van der Waals surface area contributed by atoms with Gasteiger partial charge in [0.05, 0.1) is 61.2 Å². The van der Waals surface area contributed by atoms with Crippen LogP contribution in [0.15, 0.2) is 72.3 Å². The van der Waals surface area contributed by atoms with E-state index in [9.17, 15) is 14.7 Å². The summed E-state index contributed by atoms with van der Waals surface area (Å²) < 4.78 is 19.5. The van der Waals surface area contributed by atoms with Crippen molar-refractivity contribution >= 4 is 73.8 Å². The summed E-state index contributed by atoms with van der Waals surface area (Å²) >= 11 is 7.90. The van der Waals surface area contributed by atoms with Crippen molar-refractivity contribution in [2.75, 3.05) is 55.2 Å². The van der Waals surface area contributed by atoms with E-state index in [-0.39, 0.29) is 36.2 Å². The van der Waals surface area contributed by atoms with Gasteiger partial charge < -0.3 is 24.2 Å². The third-order valence-corrected chi connectivity index (χ3v) is 15.3. The Kier molecular flexibility index (Phi) is 9.35. The van der Waals surface area contributed by atoms with Gasteiger partial charge in [0.1, 0.15) is 28.8 Å². The summed E-state index contributed by atoms with van der Waals surface area (Å²) in [6.07, 6.45) is 2.34. The van der Waals surface area contributed by atoms with Crippen LogP contribution in [0.3, 0.4) is 0 Å². The molecule has 314 valence electrons. The molecule has 1 N–H and O–H groups in total. The van der Waals surface area contributed by atoms with Gasteiger partial charge in [-0.1, -0.05) is 23.3 Å². The van der Waals surface area contributed by atoms with Crippen LogP contribution in [0.5, 0.6) is 17.2 Å². The molecule has 3 saturated heterocycles. The maximum absolute atomic E-state index is 15.4. The quantitative estimate of drug-likeness (QED) is 0.131. The standard InChI is InChI=1S/C46H44ClN5O8S/c1-23-30-18-24(47)6-13-36(30)61-41(23)33-22-37(49(3)48-33)52-43(55)32-21-31-28(40(46(32,2)45(52)57)39-34(53)19-27(58-4)20-35(39)59-5)11-12-29-38(31)44(56)51(42(29)54)26-9-7-25(8-10-26)50-14-16-60-17-15-50/h6-11,13,18-20,22,29,31-32,38,40,53H,12,14-17,21H2,1-5H3. The fraction of sp³-hybridized carbons (Fsp3) is 0.370. The summed E-state index contributed by atoms with van der Waals surface area (Å²) in [6.45, 7) is 6.53. The number of nitrogens with zero attached hydrogens (tertiary/aromatic N) is 5. The van der Waals surface area contributed by atoms with Crippen molar-refractivity contribution in [2.24, 2.45) is 36.1 Å². The van der Waals surface area contributed by atoms with Crippen LogP contribution in [-0.2, 0) is 31.0 Å². The maximum atomic E-state index is 15.4. The van der Waals surface area contributed by atoms with Crippen molar-refractivity contribution in [3.8, 4) is 27.8 Å². The molecule has 6 atom stereocenters. The van der Waals surface area contributed by atoms with Gasteiger partial charge in [-0.15, -0.1) is 11.3 Å². The van der Waals surface area contributed by atoms with E-state index >= 15 is 9.59 Å². The number of fused-ring (bicyclic) bond motifs is 5. The lowest BCUT2D eigenvalue weighted by atomic mass is 9.51. The second-order valence-electron chi connectivity index (χ2n) is 16.8. The lowest BCUT2D eigenvalue weighted by molar-refractivity contribution is -0.131. The third kappa shape index (κ3) is 5.78. The number of imide groups is 2. The fourth-order valence-electron chi connectivity index (χ4n) is 10.8. The molecule has 6 unspecified atom stereocenters. The highest BCUT2D eigenvalue weighted by Crippen LogP contribution is 2.66. The summed E-state index contributed by atoms with van der Waals surface area (Å²) in [5, 5.41) is 18.3. The van der Waals surface area contributed by atoms with Gasteiger partial charge in [0.2, 0.25) is 23.6 Å². The monoisotopic (exact) mass is 861 g/mol. The Morgan fingerprint density at radius 2 is 1.64 bits per heavy atom. The van der Waals surface area contributed by atoms with E-state index in [0.717, 1.165) is 44.9 Å². The van der Waals surface area contributed by atoms with E-state index < -0.39 is 46.8 Å². The number of carbonyl (C=O) groups excluding carboxylic acids is 4. The van der Waals surface area contributed by atoms with Gasteiger partial charge in [0.15, 0.2) is 0 Å². The minimum absolute atomic E-state index is 0.143. The number of ether oxygens (including phenoxy) is 3. The van der Waals surface area contributed by atoms with Crippen LogP contribution in [-0.4, -0.2) is 79.0 Å². The summed E-state index contributed by atoms with van der Waals surface area (Å²) in [6, 6.07) is 18.1. The Balaban J connectivity index is 1.06. The van der Waals surface area contributed by atoms with Crippen LogP contribution >= 0.6 is 22.9 Å². The Labute approximate surface area is 361 Å². The Hall–Kier alpha value is -5.70. The van der Waals surface area contributed by atoms with E-state index in [0.29, 0.717) is 46.7 Å². The molecule has 10 rings (SSSR count). The van der Waals surface area contributed by atoms with E-state index in [1.54, 1.807) is 42.1 Å². The number of allylic oxidation sites excluding steroid dienone is 2. The van der Waals surface area contributed by atoms with Gasteiger partial charge in [-0.05, 0) is 86.0 Å². The topological polar surface area (TPSA) is 144 Å². The number of methoxy groups -OCH3 is 2. The number of rotatable bonds is 7. The number of hydrogen-bond acceptors (Lipinski definition) is 11. The minimum atomic E-state index is -1.44. The fourth-order valence-corrected chi connectivity index (χ4v) is 12.1. The average molecular weight is 862 g/mol. The molecule has 15 heteroatoms. The van der Waals surface area contributed by atoms with Crippen molar-refractivity contribution in [3.05, 3.63) is 88.5 Å². The van der Waals surface area contributed by atoms with Gasteiger partial charge in [0.25, 0.3) is 0 Å². The summed E-state index contributed by atoms with van der Waals surface area (Å²) in [5.41, 5.74) is 2.64. The number of halogens is 1. The van der Waals surface area contributed by atoms with Gasteiger partial charge in [0, 0.05) is 65.2 Å². The number of aromatic hydroxyl groups is 1. The number of thiophene rings is 1. The van der Waals surface area contributed by atoms with Crippen molar-refractivity contribution in [1.82, 2.24) is 9.78 Å². The van der Waals surface area contributed by atoms with E-state index in [4.69, 9.17) is 30.9 Å². The second-order valence-corrected chi connectivity index (χ2v) is 18.2. The largest absolute Gasteiger partial charge is 0.507 e. The summed E-state index contributed by atoms with van der Waals surface area (Å²) in [7, 11) is 4.65. The number of aryl methyl sites for hydroxylation is 2. The molecule has 0 bridgehead atoms. The van der Waals surface area contributed by atoms with Crippen LogP contribution in [0.4, 0.5) is 17.2 Å². The molecule has 3 aliphatic heterocycles. The number of carbonyl (C=O) groups is 4. The number of amides is 4. The molecule has 2 aliphatic carbocycles. The van der Waals surface area contributed by atoms with Crippen LogP contribution in [0.1, 0.15) is 36.8 Å². The average Bonchev–Trinajstić information content (AvgIpc) is 3.94. The molecule has 0 spiro atoms. The lowest BCUT2D eigenvalue weighted by Gasteiger charge is -2.49. The normalized spacial score (nSPS) is 26.2. The zero-order valence-electron chi connectivity index (χ0n) is 34.3. The Bertz CT molecular complexity index is 2720. The molecule has 5 aliphatic rings. The molecular formula is C46H44ClN5O8S. The number of hydrogen-bond donors (Lipinski definition) is 1. The minimum Gasteiger partial charge on any atom is -0.507 e. The first-order valence-corrected chi connectivity index (χ1v) is 21.6. The number of morpholine rings is 1. The molecule has 1 saturated carbocycles. The molecule has 13 nitrogen and oxygen atoms in total. The number of anilines is 3. The predicted octanol–water partition coefficient (Wildman–Crippen LogP) is 7.26. The number of benzene rings is 3. The highest BCUT2D eigenvalue weighted by Gasteiger charge is 2.68. The number of phenols is 1. The van der Waals surface area contributed by atoms with Gasteiger partial charge in [-0.2, -0.15) is 5.10 Å². The predicted molar refractivity (Wildman–Crippen MR) is 232 cm³/mol. The van der Waals surface area contributed by atoms with E-state index in [2.05, 4.69) is 4.90 Å². The first-order chi connectivity index (χ1) is 29.3. The van der Waals surface area contributed by atoms with Crippen molar-refractivity contribution in [1.29, 1.82) is 0 Å². The van der Waals surface area contributed by atoms with Crippen LogP contribution in [0.2, 0.25) is 5.02 Å². The SMILES string of the molecule is COc1cc(O)c(C2C3=CCC4C(=O)N(c5ccc(N6CCOCC6)cc5)C(=O)C4C3CC3C(=O)N(c4cc(-c5sc6ccc(Cl)cc6c5C)nn4C)C(=O)C32C)c(OC)c1. The zero-order chi connectivity index (χ0) is 42.6. The van der Waals surface area contributed by atoms with Crippen molar-refractivity contribution < 1.29 is 38.5 Å². The van der Waals surface area contributed by atoms with Crippen molar-refractivity contribution in [3.63, 3.8) is 0 Å². The highest BCUT2D eigenvalue weighted by atomic mass is 35.5. The molecule has 4 amide bonds. The van der Waals surface area contributed by atoms with E-state index in [1.807, 2.05) is 55.5 Å². The highest BCUT2D eigenvalue weighted by molar-refractivity contribution is 7.22. The molecule has 3 aromatic carbocycles. The molecular weight excluding hydrogens is 818 g/mol. The van der Waals surface area contributed by atoms with Gasteiger partial charge >= 0.3 is 0 Å². The molecule has 2 aromatic heterocycles. The number of phenolic OH excluding ortho intramolecular Hbond substituents is 1. The van der Waals surface area contributed by atoms with Gasteiger partial charge in [-0.25, -0.2) is 4.90 Å². The number of aromatic nitrogens is 2. The van der Waals surface area contributed by atoms with Gasteiger partial charge in [-0.3, -0.25) is 28.8 Å².